The predicted molar refractivity (Wildman–Crippen MR) is 83.4 cm³/mol. The molecular formula is C17H16F3NO3. The van der Waals surface area contributed by atoms with Gasteiger partial charge < -0.3 is 15.2 Å². The van der Waals surface area contributed by atoms with Gasteiger partial charge in [-0.15, -0.1) is 0 Å². The van der Waals surface area contributed by atoms with E-state index in [1.54, 1.807) is 12.1 Å². The lowest BCUT2D eigenvalue weighted by molar-refractivity contribution is -0.137. The number of aromatic carboxylic acids is 1. The van der Waals surface area contributed by atoms with Gasteiger partial charge in [0.15, 0.2) is 0 Å². The van der Waals surface area contributed by atoms with Crippen molar-refractivity contribution in [3.8, 4) is 5.75 Å². The van der Waals surface area contributed by atoms with Crippen molar-refractivity contribution in [2.45, 2.75) is 12.6 Å². The molecule has 2 aromatic rings. The molecule has 24 heavy (non-hydrogen) atoms. The minimum Gasteiger partial charge on any atom is -0.494 e. The van der Waals surface area contributed by atoms with E-state index in [1.807, 2.05) is 0 Å². The third kappa shape index (κ3) is 5.19. The van der Waals surface area contributed by atoms with E-state index in [2.05, 4.69) is 5.32 Å². The molecule has 7 heteroatoms. The first-order valence-corrected chi connectivity index (χ1v) is 7.23. The number of hydrogen-bond acceptors (Lipinski definition) is 3. The van der Waals surface area contributed by atoms with E-state index in [0.29, 0.717) is 31.0 Å². The Balaban J connectivity index is 1.70. The number of nitrogens with one attached hydrogen (secondary N) is 1. The molecule has 2 N–H and O–H groups in total. The van der Waals surface area contributed by atoms with E-state index in [0.717, 1.165) is 12.1 Å². The van der Waals surface area contributed by atoms with Crippen molar-refractivity contribution < 1.29 is 27.8 Å². The fourth-order valence-corrected chi connectivity index (χ4v) is 1.97. The Kier molecular flexibility index (Phi) is 5.68. The molecule has 2 rings (SSSR count). The summed E-state index contributed by atoms with van der Waals surface area (Å²) in [5.41, 5.74) is 0.112. The highest BCUT2D eigenvalue weighted by molar-refractivity contribution is 5.87. The third-order valence-corrected chi connectivity index (χ3v) is 3.23. The number of hydrogen-bond donors (Lipinski definition) is 2. The van der Waals surface area contributed by atoms with Crippen molar-refractivity contribution in [3.63, 3.8) is 0 Å². The van der Waals surface area contributed by atoms with E-state index in [4.69, 9.17) is 9.84 Å². The standard InChI is InChI=1S/C17H16F3NO3/c18-17(19,20)13-4-6-14(7-5-13)21-10-1-11-24-15-8-2-12(3-9-15)16(22)23/h2-9,21H,1,10-11H2,(H,22,23). The second kappa shape index (κ2) is 7.72. The van der Waals surface area contributed by atoms with Crippen LogP contribution in [0.3, 0.4) is 0 Å². The molecule has 0 fully saturated rings. The zero-order chi connectivity index (χ0) is 17.6. The lowest BCUT2D eigenvalue weighted by Crippen LogP contribution is -2.08. The molecule has 128 valence electrons. The molecule has 0 spiro atoms. The largest absolute Gasteiger partial charge is 0.494 e. The highest BCUT2D eigenvalue weighted by Crippen LogP contribution is 2.29. The number of carbonyl (C=O) groups is 1. The van der Waals surface area contributed by atoms with Gasteiger partial charge in [-0.25, -0.2) is 4.79 Å². The second-order valence-electron chi connectivity index (χ2n) is 5.03. The van der Waals surface area contributed by atoms with Crippen molar-refractivity contribution in [2.75, 3.05) is 18.5 Å². The molecule has 2 aromatic carbocycles. The summed E-state index contributed by atoms with van der Waals surface area (Å²) >= 11 is 0. The molecule has 0 saturated heterocycles. The van der Waals surface area contributed by atoms with Gasteiger partial charge in [-0.05, 0) is 55.0 Å². The number of anilines is 1. The summed E-state index contributed by atoms with van der Waals surface area (Å²) in [5, 5.41) is 11.8. The summed E-state index contributed by atoms with van der Waals surface area (Å²) < 4.78 is 42.8. The first-order valence-electron chi connectivity index (χ1n) is 7.23. The summed E-state index contributed by atoms with van der Waals surface area (Å²) in [6.07, 6.45) is -3.69. The Hall–Kier alpha value is -2.70. The van der Waals surface area contributed by atoms with Crippen molar-refractivity contribution in [2.24, 2.45) is 0 Å². The predicted octanol–water partition coefficient (Wildman–Crippen LogP) is 4.28. The van der Waals surface area contributed by atoms with Crippen LogP contribution >= 0.6 is 0 Å². The topological polar surface area (TPSA) is 58.6 Å². The van der Waals surface area contributed by atoms with Crippen molar-refractivity contribution >= 4 is 11.7 Å². The number of alkyl halides is 3. The van der Waals surface area contributed by atoms with Gasteiger partial charge in [0.25, 0.3) is 0 Å². The Morgan fingerprint density at radius 2 is 1.67 bits per heavy atom. The van der Waals surface area contributed by atoms with Gasteiger partial charge in [-0.2, -0.15) is 13.2 Å². The maximum absolute atomic E-state index is 12.4. The maximum Gasteiger partial charge on any atom is 0.416 e. The molecule has 0 unspecified atom stereocenters. The van der Waals surface area contributed by atoms with Gasteiger partial charge in [0.05, 0.1) is 17.7 Å². The Morgan fingerprint density at radius 3 is 2.21 bits per heavy atom. The molecule has 4 nitrogen and oxygen atoms in total. The number of carboxylic acids is 1. The van der Waals surface area contributed by atoms with E-state index in [9.17, 15) is 18.0 Å². The maximum atomic E-state index is 12.4. The number of rotatable bonds is 7. The van der Waals surface area contributed by atoms with Gasteiger partial charge in [0.1, 0.15) is 5.75 Å². The normalized spacial score (nSPS) is 11.1. The summed E-state index contributed by atoms with van der Waals surface area (Å²) in [6.45, 7) is 0.943. The highest BCUT2D eigenvalue weighted by atomic mass is 19.4. The van der Waals surface area contributed by atoms with E-state index >= 15 is 0 Å². The number of ether oxygens (including phenoxy) is 1. The Labute approximate surface area is 136 Å². The highest BCUT2D eigenvalue weighted by Gasteiger charge is 2.29. The minimum atomic E-state index is -4.33. The van der Waals surface area contributed by atoms with Gasteiger partial charge >= 0.3 is 12.1 Å². The van der Waals surface area contributed by atoms with Crippen LogP contribution in [0.2, 0.25) is 0 Å². The number of halogens is 3. The molecule has 0 atom stereocenters. The van der Waals surface area contributed by atoms with Crippen molar-refractivity contribution in [3.05, 3.63) is 59.7 Å². The lowest BCUT2D eigenvalue weighted by Gasteiger charge is -2.10. The zero-order valence-electron chi connectivity index (χ0n) is 12.6. The third-order valence-electron chi connectivity index (χ3n) is 3.23. The van der Waals surface area contributed by atoms with Crippen molar-refractivity contribution in [1.29, 1.82) is 0 Å². The van der Waals surface area contributed by atoms with Crippen LogP contribution in [0.15, 0.2) is 48.5 Å². The van der Waals surface area contributed by atoms with Gasteiger partial charge in [-0.1, -0.05) is 0 Å². The van der Waals surface area contributed by atoms with E-state index < -0.39 is 17.7 Å². The smallest absolute Gasteiger partial charge is 0.416 e. The molecule has 0 amide bonds. The van der Waals surface area contributed by atoms with E-state index in [1.165, 1.54) is 24.3 Å². The molecule has 0 aliphatic rings. The fourth-order valence-electron chi connectivity index (χ4n) is 1.97. The van der Waals surface area contributed by atoms with Crippen LogP contribution in [0.5, 0.6) is 5.75 Å². The van der Waals surface area contributed by atoms with E-state index in [-0.39, 0.29) is 5.56 Å². The summed E-state index contributed by atoms with van der Waals surface area (Å²) in [5.74, 6) is -0.433. The van der Waals surface area contributed by atoms with Crippen LogP contribution < -0.4 is 10.1 Å². The molecule has 0 saturated carbocycles. The first-order chi connectivity index (χ1) is 11.4. The summed E-state index contributed by atoms with van der Waals surface area (Å²) in [6, 6.07) is 10.9. The van der Waals surface area contributed by atoms with Crippen LogP contribution in [-0.4, -0.2) is 24.2 Å². The quantitative estimate of drug-likeness (QED) is 0.739. The number of carboxylic acid groups (broad SMARTS) is 1. The van der Waals surface area contributed by atoms with Crippen LogP contribution in [0.1, 0.15) is 22.3 Å². The SMILES string of the molecule is O=C(O)c1ccc(OCCCNc2ccc(C(F)(F)F)cc2)cc1. The molecule has 0 aliphatic carbocycles. The average molecular weight is 339 g/mol. The lowest BCUT2D eigenvalue weighted by atomic mass is 10.2. The van der Waals surface area contributed by atoms with Crippen LogP contribution in [-0.2, 0) is 6.18 Å². The zero-order valence-corrected chi connectivity index (χ0v) is 12.6. The Morgan fingerprint density at radius 1 is 1.04 bits per heavy atom. The monoisotopic (exact) mass is 339 g/mol. The molecule has 0 heterocycles. The summed E-state index contributed by atoms with van der Waals surface area (Å²) in [4.78, 5) is 10.7. The molecule has 0 aromatic heterocycles. The van der Waals surface area contributed by atoms with Gasteiger partial charge in [0.2, 0.25) is 0 Å². The molecular weight excluding hydrogens is 323 g/mol. The minimum absolute atomic E-state index is 0.186. The van der Waals surface area contributed by atoms with Gasteiger partial charge in [-0.3, -0.25) is 0 Å². The molecule has 0 bridgehead atoms. The summed E-state index contributed by atoms with van der Waals surface area (Å²) in [7, 11) is 0. The molecule has 0 radical (unpaired) electrons. The Bertz CT molecular complexity index is 667. The fraction of sp³-hybridized carbons (Fsp3) is 0.235. The number of benzene rings is 2. The van der Waals surface area contributed by atoms with Crippen LogP contribution in [0, 0.1) is 0 Å². The molecule has 0 aliphatic heterocycles. The van der Waals surface area contributed by atoms with Crippen LogP contribution in [0.4, 0.5) is 18.9 Å². The first kappa shape index (κ1) is 17.7. The van der Waals surface area contributed by atoms with Crippen molar-refractivity contribution in [1.82, 2.24) is 0 Å². The van der Waals surface area contributed by atoms with Gasteiger partial charge in [0, 0.05) is 12.2 Å². The second-order valence-corrected chi connectivity index (χ2v) is 5.03. The van der Waals surface area contributed by atoms with Crippen LogP contribution in [0.25, 0.3) is 0 Å². The average Bonchev–Trinajstić information content (AvgIpc) is 2.54.